The molecule has 2 heteroatoms. The van der Waals surface area contributed by atoms with Gasteiger partial charge in [0.2, 0.25) is 0 Å². The quantitative estimate of drug-likeness (QED) is 0.163. The van der Waals surface area contributed by atoms with Gasteiger partial charge in [-0.05, 0) is 109 Å². The van der Waals surface area contributed by atoms with Crippen LogP contribution in [-0.4, -0.2) is 0 Å². The molecule has 0 heterocycles. The van der Waals surface area contributed by atoms with Gasteiger partial charge in [-0.25, -0.2) is 0 Å². The average molecular weight is 757 g/mol. The van der Waals surface area contributed by atoms with Gasteiger partial charge in [0, 0.05) is 26.9 Å². The highest BCUT2D eigenvalue weighted by atomic mass is 79.9. The SMILES string of the molecule is CC1(C)c2ccccc2-c2ccc(N(c3ccc(-c4ccccc4)cc3)c3cccc(C4(c5ccccc5Br)c5ccccc5-c5ccccc54)c3)cc21. The van der Waals surface area contributed by atoms with Crippen LogP contribution < -0.4 is 4.90 Å². The van der Waals surface area contributed by atoms with Crippen LogP contribution in [0, 0.1) is 0 Å². The third-order valence-electron chi connectivity index (χ3n) is 11.8. The minimum Gasteiger partial charge on any atom is -0.310 e. The zero-order chi connectivity index (χ0) is 36.4. The van der Waals surface area contributed by atoms with Crippen molar-refractivity contribution in [3.05, 3.63) is 232 Å². The molecular weight excluding hydrogens is 718 g/mol. The molecule has 2 aliphatic carbocycles. The number of benzene rings is 8. The first kappa shape index (κ1) is 32.7. The van der Waals surface area contributed by atoms with Crippen LogP contribution >= 0.6 is 15.9 Å². The van der Waals surface area contributed by atoms with Crippen LogP contribution in [0.1, 0.15) is 47.2 Å². The van der Waals surface area contributed by atoms with Crippen molar-refractivity contribution in [3.8, 4) is 33.4 Å². The largest absolute Gasteiger partial charge is 0.310 e. The molecule has 0 radical (unpaired) electrons. The van der Waals surface area contributed by atoms with Crippen LogP contribution in [0.3, 0.4) is 0 Å². The van der Waals surface area contributed by atoms with Crippen molar-refractivity contribution >= 4 is 33.0 Å². The maximum atomic E-state index is 4.03. The van der Waals surface area contributed by atoms with Crippen molar-refractivity contribution in [2.24, 2.45) is 0 Å². The summed E-state index contributed by atoms with van der Waals surface area (Å²) < 4.78 is 1.09. The Bertz CT molecular complexity index is 2660. The summed E-state index contributed by atoms with van der Waals surface area (Å²) >= 11 is 4.03. The van der Waals surface area contributed by atoms with Gasteiger partial charge in [-0.3, -0.25) is 0 Å². The zero-order valence-corrected chi connectivity index (χ0v) is 31.9. The molecule has 0 atom stereocenters. The normalized spacial score (nSPS) is 14.1. The minimum absolute atomic E-state index is 0.118. The van der Waals surface area contributed by atoms with Crippen LogP contribution in [0.2, 0.25) is 0 Å². The third kappa shape index (κ3) is 4.83. The summed E-state index contributed by atoms with van der Waals surface area (Å²) in [6.07, 6.45) is 0. The van der Waals surface area contributed by atoms with Gasteiger partial charge in [-0.1, -0.05) is 181 Å². The average Bonchev–Trinajstić information content (AvgIpc) is 3.65. The second-order valence-corrected chi connectivity index (χ2v) is 15.9. The van der Waals surface area contributed by atoms with Gasteiger partial charge in [0.25, 0.3) is 0 Å². The molecule has 0 aliphatic heterocycles. The summed E-state index contributed by atoms with van der Waals surface area (Å²) in [6.45, 7) is 4.72. The minimum atomic E-state index is -0.534. The van der Waals surface area contributed by atoms with Gasteiger partial charge in [-0.2, -0.15) is 0 Å². The summed E-state index contributed by atoms with van der Waals surface area (Å²) in [5.41, 5.74) is 18.1. The Hall–Kier alpha value is -5.96. The molecule has 54 heavy (non-hydrogen) atoms. The molecule has 0 amide bonds. The lowest BCUT2D eigenvalue weighted by Crippen LogP contribution is -2.29. The molecule has 0 saturated carbocycles. The van der Waals surface area contributed by atoms with E-state index in [1.54, 1.807) is 0 Å². The molecular formula is C52H38BrN. The molecule has 0 fully saturated rings. The van der Waals surface area contributed by atoms with Gasteiger partial charge in [0.15, 0.2) is 0 Å². The zero-order valence-electron chi connectivity index (χ0n) is 30.3. The Morgan fingerprint density at radius 3 is 1.54 bits per heavy atom. The second-order valence-electron chi connectivity index (χ2n) is 15.0. The first-order chi connectivity index (χ1) is 26.5. The standard InChI is InChI=1S/C52H38BrN/c1-51(2)45-22-9-6-19-41(45)44-32-31-40(34-49(44)51)54(38-29-27-36(28-30-38)35-15-4-3-5-16-35)39-18-14-17-37(33-39)52(48-25-12-13-26-50(48)53)46-23-10-7-20-42(46)43-21-8-11-24-47(43)52/h3-34H,1-2H3. The lowest BCUT2D eigenvalue weighted by molar-refractivity contribution is 0.660. The van der Waals surface area contributed by atoms with Gasteiger partial charge in [-0.15, -0.1) is 0 Å². The Morgan fingerprint density at radius 2 is 0.870 bits per heavy atom. The fraction of sp³-hybridized carbons (Fsp3) is 0.0769. The summed E-state index contributed by atoms with van der Waals surface area (Å²) in [7, 11) is 0. The molecule has 2 aliphatic rings. The number of nitrogens with zero attached hydrogens (tertiary/aromatic N) is 1. The van der Waals surface area contributed by atoms with E-state index in [1.807, 2.05) is 0 Å². The molecule has 8 aromatic carbocycles. The monoisotopic (exact) mass is 755 g/mol. The van der Waals surface area contributed by atoms with Crippen molar-refractivity contribution in [1.29, 1.82) is 0 Å². The number of hydrogen-bond donors (Lipinski definition) is 0. The molecule has 0 aromatic heterocycles. The van der Waals surface area contributed by atoms with E-state index < -0.39 is 5.41 Å². The molecule has 258 valence electrons. The fourth-order valence-corrected chi connectivity index (χ4v) is 9.93. The fourth-order valence-electron chi connectivity index (χ4n) is 9.35. The number of anilines is 3. The van der Waals surface area contributed by atoms with Crippen LogP contribution in [0.25, 0.3) is 33.4 Å². The van der Waals surface area contributed by atoms with Crippen LogP contribution in [-0.2, 0) is 10.8 Å². The molecule has 0 spiro atoms. The molecule has 1 nitrogen and oxygen atoms in total. The predicted octanol–water partition coefficient (Wildman–Crippen LogP) is 14.3. The van der Waals surface area contributed by atoms with Crippen molar-refractivity contribution in [2.45, 2.75) is 24.7 Å². The molecule has 0 unspecified atom stereocenters. The Labute approximate surface area is 326 Å². The van der Waals surface area contributed by atoms with Gasteiger partial charge in [0.05, 0.1) is 5.41 Å². The van der Waals surface area contributed by atoms with Crippen LogP contribution in [0.5, 0.6) is 0 Å². The smallest absolute Gasteiger partial charge is 0.0725 e. The number of halogens is 1. The van der Waals surface area contributed by atoms with Gasteiger partial charge in [0.1, 0.15) is 0 Å². The highest BCUT2D eigenvalue weighted by molar-refractivity contribution is 9.10. The maximum Gasteiger partial charge on any atom is 0.0725 e. The predicted molar refractivity (Wildman–Crippen MR) is 229 cm³/mol. The van der Waals surface area contributed by atoms with Crippen LogP contribution in [0.15, 0.2) is 199 Å². The molecule has 0 N–H and O–H groups in total. The Kier molecular flexibility index (Phi) is 7.61. The van der Waals surface area contributed by atoms with Crippen molar-refractivity contribution in [3.63, 3.8) is 0 Å². The van der Waals surface area contributed by atoms with Gasteiger partial charge < -0.3 is 4.90 Å². The summed E-state index contributed by atoms with van der Waals surface area (Å²) in [4.78, 5) is 2.44. The first-order valence-corrected chi connectivity index (χ1v) is 19.5. The highest BCUT2D eigenvalue weighted by Gasteiger charge is 2.47. The highest BCUT2D eigenvalue weighted by Crippen LogP contribution is 2.58. The number of fused-ring (bicyclic) bond motifs is 6. The topological polar surface area (TPSA) is 3.24 Å². The van der Waals surface area contributed by atoms with E-state index in [0.29, 0.717) is 0 Å². The van der Waals surface area contributed by atoms with E-state index in [4.69, 9.17) is 0 Å². The van der Waals surface area contributed by atoms with Gasteiger partial charge >= 0.3 is 0 Å². The Morgan fingerprint density at radius 1 is 0.370 bits per heavy atom. The lowest BCUT2D eigenvalue weighted by atomic mass is 9.67. The first-order valence-electron chi connectivity index (χ1n) is 18.7. The second kappa shape index (κ2) is 12.6. The van der Waals surface area contributed by atoms with Crippen molar-refractivity contribution in [2.75, 3.05) is 4.90 Å². The van der Waals surface area contributed by atoms with Crippen molar-refractivity contribution in [1.82, 2.24) is 0 Å². The van der Waals surface area contributed by atoms with Crippen molar-refractivity contribution < 1.29 is 0 Å². The number of rotatable bonds is 6. The summed E-state index contributed by atoms with van der Waals surface area (Å²) in [5, 5.41) is 0. The molecule has 0 bridgehead atoms. The van der Waals surface area contributed by atoms with E-state index >= 15 is 0 Å². The maximum absolute atomic E-state index is 4.03. The van der Waals surface area contributed by atoms with E-state index in [2.05, 4.69) is 229 Å². The third-order valence-corrected chi connectivity index (χ3v) is 12.5. The lowest BCUT2D eigenvalue weighted by Gasteiger charge is -2.36. The summed E-state index contributed by atoms with van der Waals surface area (Å²) in [5.74, 6) is 0. The molecule has 8 aromatic rings. The van der Waals surface area contributed by atoms with E-state index in [0.717, 1.165) is 21.5 Å². The summed E-state index contributed by atoms with van der Waals surface area (Å²) in [6, 6.07) is 71.5. The molecule has 0 saturated heterocycles. The van der Waals surface area contributed by atoms with E-state index in [1.165, 1.54) is 66.8 Å². The molecule has 10 rings (SSSR count). The number of hydrogen-bond acceptors (Lipinski definition) is 1. The Balaban J connectivity index is 1.21. The van der Waals surface area contributed by atoms with Crippen LogP contribution in [0.4, 0.5) is 17.1 Å². The van der Waals surface area contributed by atoms with E-state index in [-0.39, 0.29) is 5.41 Å². The van der Waals surface area contributed by atoms with E-state index in [9.17, 15) is 0 Å².